The van der Waals surface area contributed by atoms with Crippen LogP contribution in [-0.2, 0) is 4.74 Å². The molecule has 1 heterocycles. The van der Waals surface area contributed by atoms with Crippen LogP contribution in [0.5, 0.6) is 0 Å². The van der Waals surface area contributed by atoms with E-state index in [-0.39, 0.29) is 0 Å². The first-order chi connectivity index (χ1) is 9.35. The number of anilines is 1. The van der Waals surface area contributed by atoms with E-state index < -0.39 is 0 Å². The Labute approximate surface area is 111 Å². The van der Waals surface area contributed by atoms with Crippen LogP contribution in [-0.4, -0.2) is 39.4 Å². The fraction of sp³-hybridized carbons (Fsp3) is 0.462. The van der Waals surface area contributed by atoms with Crippen LogP contribution in [0.25, 0.3) is 11.4 Å². The molecule has 0 saturated heterocycles. The summed E-state index contributed by atoms with van der Waals surface area (Å²) in [5.41, 5.74) is 2.04. The van der Waals surface area contributed by atoms with Crippen LogP contribution < -0.4 is 5.32 Å². The Morgan fingerprint density at radius 1 is 1.42 bits per heavy atom. The lowest BCUT2D eigenvalue weighted by atomic mass is 9.89. The van der Waals surface area contributed by atoms with Gasteiger partial charge in [-0.25, -0.2) is 0 Å². The Kier molecular flexibility index (Phi) is 3.41. The third-order valence-electron chi connectivity index (χ3n) is 3.33. The van der Waals surface area contributed by atoms with Gasteiger partial charge in [0.05, 0.1) is 6.10 Å². The molecule has 3 rings (SSSR count). The van der Waals surface area contributed by atoms with Crippen molar-refractivity contribution in [3.8, 4) is 11.4 Å². The summed E-state index contributed by atoms with van der Waals surface area (Å²) < 4.78 is 5.56. The van der Waals surface area contributed by atoms with E-state index in [0.29, 0.717) is 18.0 Å². The van der Waals surface area contributed by atoms with Gasteiger partial charge in [-0.3, -0.25) is 0 Å². The number of rotatable bonds is 5. The highest BCUT2D eigenvalue weighted by Gasteiger charge is 2.29. The van der Waals surface area contributed by atoms with Crippen LogP contribution in [0.1, 0.15) is 19.8 Å². The summed E-state index contributed by atoms with van der Waals surface area (Å²) in [5.74, 6) is 0.615. The predicted octanol–water partition coefficient (Wildman–Crippen LogP) is 1.85. The number of nitrogens with one attached hydrogen (secondary N) is 2. The molecule has 2 aromatic rings. The summed E-state index contributed by atoms with van der Waals surface area (Å²) >= 11 is 0. The smallest absolute Gasteiger partial charge is 0.204 e. The van der Waals surface area contributed by atoms with Gasteiger partial charge in [0.15, 0.2) is 0 Å². The van der Waals surface area contributed by atoms with Crippen LogP contribution in [0.3, 0.4) is 0 Å². The van der Waals surface area contributed by atoms with Gasteiger partial charge < -0.3 is 10.1 Å². The van der Waals surface area contributed by atoms with Crippen molar-refractivity contribution >= 4 is 5.69 Å². The summed E-state index contributed by atoms with van der Waals surface area (Å²) in [6.45, 7) is 2.83. The first-order valence-electron chi connectivity index (χ1n) is 6.57. The quantitative estimate of drug-likeness (QED) is 0.857. The molecule has 0 bridgehead atoms. The van der Waals surface area contributed by atoms with Crippen LogP contribution in [0.4, 0.5) is 5.69 Å². The second-order valence-corrected chi connectivity index (χ2v) is 4.71. The Morgan fingerprint density at radius 2 is 2.32 bits per heavy atom. The highest BCUT2D eigenvalue weighted by atomic mass is 16.5. The summed E-state index contributed by atoms with van der Waals surface area (Å²) in [5, 5.41) is 17.5. The number of H-pyrrole nitrogens is 1. The fourth-order valence-electron chi connectivity index (χ4n) is 2.32. The van der Waals surface area contributed by atoms with Gasteiger partial charge in [0, 0.05) is 23.9 Å². The molecule has 0 aliphatic heterocycles. The molecule has 1 aliphatic carbocycles. The molecule has 2 N–H and O–H groups in total. The maximum Gasteiger partial charge on any atom is 0.204 e. The van der Waals surface area contributed by atoms with Crippen molar-refractivity contribution in [2.45, 2.75) is 31.9 Å². The molecule has 0 spiro atoms. The zero-order valence-electron chi connectivity index (χ0n) is 10.8. The lowest BCUT2D eigenvalue weighted by Crippen LogP contribution is -2.40. The molecular formula is C13H17N5O. The first kappa shape index (κ1) is 12.1. The second-order valence-electron chi connectivity index (χ2n) is 4.71. The van der Waals surface area contributed by atoms with Crippen LogP contribution in [0.2, 0.25) is 0 Å². The lowest BCUT2D eigenvalue weighted by Gasteiger charge is -2.36. The van der Waals surface area contributed by atoms with Gasteiger partial charge in [0.1, 0.15) is 0 Å². The van der Waals surface area contributed by atoms with E-state index in [1.807, 2.05) is 25.1 Å². The number of hydrogen-bond acceptors (Lipinski definition) is 5. The number of tetrazole rings is 1. The lowest BCUT2D eigenvalue weighted by molar-refractivity contribution is 0.00299. The highest BCUT2D eigenvalue weighted by Crippen LogP contribution is 2.28. The van der Waals surface area contributed by atoms with E-state index in [4.69, 9.17) is 4.74 Å². The van der Waals surface area contributed by atoms with Crippen LogP contribution >= 0.6 is 0 Å². The summed E-state index contributed by atoms with van der Waals surface area (Å²) in [4.78, 5) is 0. The molecular weight excluding hydrogens is 242 g/mol. The maximum atomic E-state index is 5.56. The van der Waals surface area contributed by atoms with Crippen molar-refractivity contribution in [2.24, 2.45) is 0 Å². The van der Waals surface area contributed by atoms with E-state index >= 15 is 0 Å². The standard InChI is InChI=1S/C13H17N5O/c1-2-19-12-7-11(8-12)14-10-5-3-4-9(6-10)13-15-17-18-16-13/h3-6,11-12,14H,2,7-8H2,1H3,(H,15,16,17,18). The van der Waals surface area contributed by atoms with E-state index in [9.17, 15) is 0 Å². The molecule has 1 aromatic carbocycles. The van der Waals surface area contributed by atoms with Gasteiger partial charge in [0.25, 0.3) is 0 Å². The van der Waals surface area contributed by atoms with E-state index in [0.717, 1.165) is 30.7 Å². The predicted molar refractivity (Wildman–Crippen MR) is 71.7 cm³/mol. The van der Waals surface area contributed by atoms with Crippen molar-refractivity contribution in [3.05, 3.63) is 24.3 Å². The highest BCUT2D eigenvalue weighted by molar-refractivity contribution is 5.62. The molecule has 1 fully saturated rings. The van der Waals surface area contributed by atoms with Crippen molar-refractivity contribution in [2.75, 3.05) is 11.9 Å². The Hall–Kier alpha value is -1.95. The van der Waals surface area contributed by atoms with Crippen molar-refractivity contribution < 1.29 is 4.74 Å². The third kappa shape index (κ3) is 2.73. The van der Waals surface area contributed by atoms with E-state index in [1.165, 1.54) is 0 Å². The van der Waals surface area contributed by atoms with Gasteiger partial charge in [0.2, 0.25) is 5.82 Å². The fourth-order valence-corrected chi connectivity index (χ4v) is 2.32. The normalized spacial score (nSPS) is 21.9. The van der Waals surface area contributed by atoms with Gasteiger partial charge >= 0.3 is 0 Å². The molecule has 0 amide bonds. The minimum atomic E-state index is 0.419. The Morgan fingerprint density at radius 3 is 3.05 bits per heavy atom. The zero-order valence-corrected chi connectivity index (χ0v) is 10.8. The van der Waals surface area contributed by atoms with Gasteiger partial charge in [-0.05, 0) is 37.1 Å². The number of ether oxygens (including phenoxy) is 1. The molecule has 0 unspecified atom stereocenters. The average molecular weight is 259 g/mol. The largest absolute Gasteiger partial charge is 0.382 e. The van der Waals surface area contributed by atoms with Crippen molar-refractivity contribution in [1.82, 2.24) is 20.6 Å². The summed E-state index contributed by atoms with van der Waals surface area (Å²) in [6, 6.07) is 8.56. The summed E-state index contributed by atoms with van der Waals surface area (Å²) in [7, 11) is 0. The second kappa shape index (κ2) is 5.36. The third-order valence-corrected chi connectivity index (χ3v) is 3.33. The topological polar surface area (TPSA) is 75.7 Å². The number of benzene rings is 1. The van der Waals surface area contributed by atoms with Gasteiger partial charge in [-0.1, -0.05) is 12.1 Å². The van der Waals surface area contributed by atoms with Crippen molar-refractivity contribution in [3.63, 3.8) is 0 Å². The van der Waals surface area contributed by atoms with Crippen molar-refractivity contribution in [1.29, 1.82) is 0 Å². The molecule has 19 heavy (non-hydrogen) atoms. The SMILES string of the molecule is CCOC1CC(Nc2cccc(-c3nn[nH]n3)c2)C1. The van der Waals surface area contributed by atoms with Gasteiger partial charge in [-0.2, -0.15) is 5.21 Å². The molecule has 6 nitrogen and oxygen atoms in total. The molecule has 6 heteroatoms. The minimum Gasteiger partial charge on any atom is -0.382 e. The number of hydrogen-bond donors (Lipinski definition) is 2. The molecule has 1 aliphatic rings. The molecule has 1 aromatic heterocycles. The summed E-state index contributed by atoms with van der Waals surface area (Å²) in [6.07, 6.45) is 2.56. The monoisotopic (exact) mass is 259 g/mol. The van der Waals surface area contributed by atoms with E-state index in [2.05, 4.69) is 32.0 Å². The molecule has 0 radical (unpaired) electrons. The molecule has 100 valence electrons. The van der Waals surface area contributed by atoms with E-state index in [1.54, 1.807) is 0 Å². The number of aromatic nitrogens is 4. The first-order valence-corrected chi connectivity index (χ1v) is 6.57. The van der Waals surface area contributed by atoms with Crippen LogP contribution in [0, 0.1) is 0 Å². The number of aromatic amines is 1. The zero-order chi connectivity index (χ0) is 13.1. The Bertz CT molecular complexity index is 522. The Balaban J connectivity index is 1.62. The molecule has 1 saturated carbocycles. The average Bonchev–Trinajstić information content (AvgIpc) is 2.91. The number of nitrogens with zero attached hydrogens (tertiary/aromatic N) is 3. The van der Waals surface area contributed by atoms with Gasteiger partial charge in [-0.15, -0.1) is 10.2 Å². The minimum absolute atomic E-state index is 0.419. The van der Waals surface area contributed by atoms with Crippen LogP contribution in [0.15, 0.2) is 24.3 Å². The maximum absolute atomic E-state index is 5.56. The molecule has 0 atom stereocenters.